The lowest BCUT2D eigenvalue weighted by Crippen LogP contribution is -2.28. The molecule has 0 bridgehead atoms. The van der Waals surface area contributed by atoms with Crippen LogP contribution in [-0.4, -0.2) is 30.4 Å². The summed E-state index contributed by atoms with van der Waals surface area (Å²) in [5, 5.41) is 3.06. The fraction of sp³-hybridized carbons (Fsp3) is 0.345. The minimum atomic E-state index is -0.0176. The van der Waals surface area contributed by atoms with Crippen LogP contribution < -0.4 is 5.32 Å². The van der Waals surface area contributed by atoms with Crippen molar-refractivity contribution in [3.8, 4) is 11.1 Å². The maximum atomic E-state index is 12.5. The number of hydrogen-bond donors (Lipinski definition) is 1. The number of amides is 1. The van der Waals surface area contributed by atoms with Crippen LogP contribution in [0.15, 0.2) is 78.9 Å². The van der Waals surface area contributed by atoms with Gasteiger partial charge in [0.25, 0.3) is 5.91 Å². The Labute approximate surface area is 192 Å². The maximum Gasteiger partial charge on any atom is 0.251 e. The zero-order valence-electron chi connectivity index (χ0n) is 19.1. The number of benzene rings is 3. The van der Waals surface area contributed by atoms with Gasteiger partial charge >= 0.3 is 0 Å². The fourth-order valence-corrected chi connectivity index (χ4v) is 4.52. The van der Waals surface area contributed by atoms with Crippen LogP contribution in [0.1, 0.15) is 60.1 Å². The standard InChI is InChI=1S/C29H34N2O/c1-23(31-21-7-2-3-8-22-31)25-13-11-24(12-14-25)19-20-30-29(32)28-17-15-27(16-18-28)26-9-5-4-6-10-26/h4-6,9-18,23H,2-3,7-8,19-22H2,1H3,(H,30,32). The Balaban J connectivity index is 1.26. The molecule has 4 rings (SSSR count). The molecule has 166 valence electrons. The van der Waals surface area contributed by atoms with Gasteiger partial charge in [0.2, 0.25) is 0 Å². The fourth-order valence-electron chi connectivity index (χ4n) is 4.52. The van der Waals surface area contributed by atoms with Crippen LogP contribution in [0.25, 0.3) is 11.1 Å². The van der Waals surface area contributed by atoms with Crippen molar-refractivity contribution in [1.29, 1.82) is 0 Å². The van der Waals surface area contributed by atoms with Crippen LogP contribution in [0.2, 0.25) is 0 Å². The molecule has 1 saturated heterocycles. The van der Waals surface area contributed by atoms with Gasteiger partial charge in [-0.25, -0.2) is 0 Å². The van der Waals surface area contributed by atoms with E-state index < -0.39 is 0 Å². The first-order chi connectivity index (χ1) is 15.7. The van der Waals surface area contributed by atoms with Crippen molar-refractivity contribution in [3.63, 3.8) is 0 Å². The van der Waals surface area contributed by atoms with Gasteiger partial charge in [-0.1, -0.05) is 79.6 Å². The van der Waals surface area contributed by atoms with Crippen molar-refractivity contribution < 1.29 is 4.79 Å². The number of nitrogens with one attached hydrogen (secondary N) is 1. The number of nitrogens with zero attached hydrogens (tertiary/aromatic N) is 1. The van der Waals surface area contributed by atoms with Crippen LogP contribution in [0, 0.1) is 0 Å². The second kappa shape index (κ2) is 11.1. The van der Waals surface area contributed by atoms with Crippen molar-refractivity contribution in [3.05, 3.63) is 95.6 Å². The molecule has 1 fully saturated rings. The quantitative estimate of drug-likeness (QED) is 0.483. The second-order valence-electron chi connectivity index (χ2n) is 8.82. The number of rotatable bonds is 7. The van der Waals surface area contributed by atoms with E-state index in [-0.39, 0.29) is 5.91 Å². The van der Waals surface area contributed by atoms with E-state index in [9.17, 15) is 4.79 Å². The van der Waals surface area contributed by atoms with Gasteiger partial charge in [-0.15, -0.1) is 0 Å². The summed E-state index contributed by atoms with van der Waals surface area (Å²) in [4.78, 5) is 15.1. The first kappa shape index (κ1) is 22.3. The number of carbonyl (C=O) groups excluding carboxylic acids is 1. The molecule has 3 heteroatoms. The highest BCUT2D eigenvalue weighted by molar-refractivity contribution is 5.94. The molecule has 3 aromatic rings. The molecular formula is C29H34N2O. The predicted octanol–water partition coefficient (Wildman–Crippen LogP) is 6.26. The van der Waals surface area contributed by atoms with E-state index in [0.717, 1.165) is 17.5 Å². The molecule has 3 nitrogen and oxygen atoms in total. The summed E-state index contributed by atoms with van der Waals surface area (Å²) in [5.74, 6) is -0.0176. The molecule has 1 unspecified atom stereocenters. The van der Waals surface area contributed by atoms with Gasteiger partial charge in [0.05, 0.1) is 0 Å². The van der Waals surface area contributed by atoms with Crippen molar-refractivity contribution in [2.45, 2.75) is 45.1 Å². The lowest BCUT2D eigenvalue weighted by molar-refractivity contribution is 0.0954. The third-order valence-corrected chi connectivity index (χ3v) is 6.60. The topological polar surface area (TPSA) is 32.3 Å². The molecule has 0 aromatic heterocycles. The summed E-state index contributed by atoms with van der Waals surface area (Å²) in [5.41, 5.74) is 5.63. The Hall–Kier alpha value is -2.91. The Morgan fingerprint density at radius 3 is 2.09 bits per heavy atom. The Kier molecular flexibility index (Phi) is 7.73. The molecule has 1 atom stereocenters. The molecule has 0 aliphatic carbocycles. The maximum absolute atomic E-state index is 12.5. The monoisotopic (exact) mass is 426 g/mol. The van der Waals surface area contributed by atoms with Crippen molar-refractivity contribution in [2.75, 3.05) is 19.6 Å². The molecule has 1 aliphatic heterocycles. The first-order valence-corrected chi connectivity index (χ1v) is 12.0. The molecule has 0 saturated carbocycles. The van der Waals surface area contributed by atoms with E-state index in [1.807, 2.05) is 42.5 Å². The van der Waals surface area contributed by atoms with E-state index in [4.69, 9.17) is 0 Å². The lowest BCUT2D eigenvalue weighted by Gasteiger charge is -2.28. The number of carbonyl (C=O) groups is 1. The largest absolute Gasteiger partial charge is 0.352 e. The molecule has 3 aromatic carbocycles. The molecule has 1 amide bonds. The molecule has 0 spiro atoms. The van der Waals surface area contributed by atoms with Gasteiger partial charge in [0, 0.05) is 18.2 Å². The zero-order chi connectivity index (χ0) is 22.2. The first-order valence-electron chi connectivity index (χ1n) is 12.0. The van der Waals surface area contributed by atoms with Crippen LogP contribution in [-0.2, 0) is 6.42 Å². The Bertz CT molecular complexity index is 972. The minimum Gasteiger partial charge on any atom is -0.352 e. The van der Waals surface area contributed by atoms with Gasteiger partial charge in [0.1, 0.15) is 0 Å². The van der Waals surface area contributed by atoms with E-state index in [1.165, 1.54) is 49.9 Å². The molecule has 1 aliphatic rings. The molecular weight excluding hydrogens is 392 g/mol. The third-order valence-electron chi connectivity index (χ3n) is 6.60. The lowest BCUT2D eigenvalue weighted by atomic mass is 10.0. The number of likely N-dealkylation sites (tertiary alicyclic amines) is 1. The van der Waals surface area contributed by atoms with Gasteiger partial charge in [-0.05, 0) is 73.7 Å². The van der Waals surface area contributed by atoms with Gasteiger partial charge in [-0.3, -0.25) is 9.69 Å². The molecule has 0 radical (unpaired) electrons. The van der Waals surface area contributed by atoms with Crippen molar-refractivity contribution in [2.24, 2.45) is 0 Å². The average Bonchev–Trinajstić information content (AvgIpc) is 3.14. The Morgan fingerprint density at radius 2 is 1.44 bits per heavy atom. The minimum absolute atomic E-state index is 0.0176. The highest BCUT2D eigenvalue weighted by Gasteiger charge is 2.17. The zero-order valence-corrected chi connectivity index (χ0v) is 19.1. The Morgan fingerprint density at radius 1 is 0.812 bits per heavy atom. The number of hydrogen-bond acceptors (Lipinski definition) is 2. The summed E-state index contributed by atoms with van der Waals surface area (Å²) in [6, 6.07) is 27.4. The van der Waals surface area contributed by atoms with E-state index >= 15 is 0 Å². The van der Waals surface area contributed by atoms with E-state index in [0.29, 0.717) is 18.2 Å². The molecule has 1 N–H and O–H groups in total. The van der Waals surface area contributed by atoms with Crippen LogP contribution >= 0.6 is 0 Å². The predicted molar refractivity (Wildman–Crippen MR) is 133 cm³/mol. The van der Waals surface area contributed by atoms with Crippen molar-refractivity contribution >= 4 is 5.91 Å². The smallest absolute Gasteiger partial charge is 0.251 e. The normalized spacial score (nSPS) is 15.7. The molecule has 32 heavy (non-hydrogen) atoms. The SMILES string of the molecule is CC(c1ccc(CCNC(=O)c2ccc(-c3ccccc3)cc2)cc1)N1CCCCCC1. The summed E-state index contributed by atoms with van der Waals surface area (Å²) in [6.45, 7) is 5.38. The van der Waals surface area contributed by atoms with Crippen LogP contribution in [0.4, 0.5) is 0 Å². The molecule has 1 heterocycles. The summed E-state index contributed by atoms with van der Waals surface area (Å²) >= 11 is 0. The highest BCUT2D eigenvalue weighted by Crippen LogP contribution is 2.24. The van der Waals surface area contributed by atoms with Gasteiger partial charge in [-0.2, -0.15) is 0 Å². The third kappa shape index (κ3) is 5.86. The van der Waals surface area contributed by atoms with Gasteiger partial charge in [0.15, 0.2) is 0 Å². The van der Waals surface area contributed by atoms with Crippen LogP contribution in [0.3, 0.4) is 0 Å². The summed E-state index contributed by atoms with van der Waals surface area (Å²) < 4.78 is 0. The van der Waals surface area contributed by atoms with Crippen LogP contribution in [0.5, 0.6) is 0 Å². The second-order valence-corrected chi connectivity index (χ2v) is 8.82. The van der Waals surface area contributed by atoms with Crippen molar-refractivity contribution in [1.82, 2.24) is 10.2 Å². The summed E-state index contributed by atoms with van der Waals surface area (Å²) in [7, 11) is 0. The highest BCUT2D eigenvalue weighted by atomic mass is 16.1. The average molecular weight is 427 g/mol. The van der Waals surface area contributed by atoms with Gasteiger partial charge < -0.3 is 5.32 Å². The van der Waals surface area contributed by atoms with E-state index in [2.05, 4.69) is 53.5 Å². The summed E-state index contributed by atoms with van der Waals surface area (Å²) in [6.07, 6.45) is 6.20. The van der Waals surface area contributed by atoms with E-state index in [1.54, 1.807) is 0 Å².